The molecular formula is C71H86N3OPt-. The molecule has 2 aromatic heterocycles. The first-order valence-corrected chi connectivity index (χ1v) is 26.3. The van der Waals surface area contributed by atoms with Crippen LogP contribution in [0.1, 0.15) is 215 Å². The van der Waals surface area contributed by atoms with Crippen LogP contribution in [0.15, 0.2) is 121 Å². The summed E-state index contributed by atoms with van der Waals surface area (Å²) in [5.74, 6) is 0.169. The van der Waals surface area contributed by atoms with Gasteiger partial charge in [-0.25, -0.2) is 4.98 Å². The summed E-state index contributed by atoms with van der Waals surface area (Å²) in [5, 5.41) is 12.8. The maximum absolute atomic E-state index is 12.8. The molecule has 402 valence electrons. The molecule has 0 radical (unpaired) electrons. The van der Waals surface area contributed by atoms with Crippen LogP contribution in [0.5, 0.6) is 5.75 Å². The molecule has 0 aliphatic rings. The summed E-state index contributed by atoms with van der Waals surface area (Å²) in [6, 6.07) is 21.8. The molecule has 0 unspecified atom stereocenters. The number of imidazole rings is 1. The summed E-state index contributed by atoms with van der Waals surface area (Å²) in [4.78, 5) is 9.90. The maximum Gasteiger partial charge on any atom is 0.148 e. The monoisotopic (exact) mass is 1210 g/mol. The minimum absolute atomic E-state index is 0. The van der Waals surface area contributed by atoms with E-state index in [2.05, 4.69) is 91.6 Å². The number of phenolic OH excluding ortho intramolecular Hbond substituents is 1. The fourth-order valence-electron chi connectivity index (χ4n) is 10.0. The second kappa shape index (κ2) is 21.3. The summed E-state index contributed by atoms with van der Waals surface area (Å²) in [6.07, 6.45) is 2.56. The topological polar surface area (TPSA) is 50.9 Å². The largest absolute Gasteiger partial charge is 0.507 e. The zero-order valence-electron chi connectivity index (χ0n) is 65.9. The van der Waals surface area contributed by atoms with Crippen LogP contribution >= 0.6 is 0 Å². The van der Waals surface area contributed by atoms with Gasteiger partial charge in [-0.15, -0.1) is 29.3 Å². The molecule has 4 nitrogen and oxygen atoms in total. The third kappa shape index (κ3) is 11.1. The van der Waals surface area contributed by atoms with Crippen molar-refractivity contribution >= 4 is 11.0 Å². The van der Waals surface area contributed by atoms with Gasteiger partial charge in [-0.2, -0.15) is 0 Å². The van der Waals surface area contributed by atoms with Crippen molar-refractivity contribution in [2.45, 2.75) is 189 Å². The predicted molar refractivity (Wildman–Crippen MR) is 322 cm³/mol. The molecule has 1 N–H and O–H groups in total. The van der Waals surface area contributed by atoms with E-state index < -0.39 is 108 Å². The molecular weight excluding hydrogens is 1110 g/mol. The second-order valence-electron chi connectivity index (χ2n) is 24.0. The molecule has 76 heavy (non-hydrogen) atoms. The van der Waals surface area contributed by atoms with Crippen molar-refractivity contribution in [3.8, 4) is 67.5 Å². The van der Waals surface area contributed by atoms with E-state index in [9.17, 15) is 13.3 Å². The van der Waals surface area contributed by atoms with Crippen LogP contribution in [0, 0.1) is 12.9 Å². The van der Waals surface area contributed by atoms with Crippen LogP contribution < -0.4 is 0 Å². The molecule has 0 bridgehead atoms. The Balaban J connectivity index is 0.0000128. The van der Waals surface area contributed by atoms with Crippen LogP contribution in [-0.4, -0.2) is 19.6 Å². The normalized spacial score (nSPS) is 17.1. The zero-order valence-corrected chi connectivity index (χ0v) is 49.2. The van der Waals surface area contributed by atoms with Gasteiger partial charge in [0.25, 0.3) is 0 Å². The first-order chi connectivity index (χ1) is 42.9. The quantitative estimate of drug-likeness (QED) is 0.124. The number of nitrogens with zero attached hydrogens (tertiary/aromatic N) is 3. The van der Waals surface area contributed by atoms with E-state index in [0.717, 1.165) is 53.5 Å². The number of aryl methyl sites for hydroxylation is 1. The number of benzene rings is 6. The minimum Gasteiger partial charge on any atom is -0.507 e. The van der Waals surface area contributed by atoms with Crippen LogP contribution in [0.4, 0.5) is 0 Å². The Bertz CT molecular complexity index is 4180. The van der Waals surface area contributed by atoms with Crippen molar-refractivity contribution in [1.29, 1.82) is 0 Å². The van der Waals surface area contributed by atoms with Gasteiger partial charge in [-0.1, -0.05) is 208 Å². The van der Waals surface area contributed by atoms with Gasteiger partial charge in [0.15, 0.2) is 0 Å². The summed E-state index contributed by atoms with van der Waals surface area (Å²) >= 11 is 0. The van der Waals surface area contributed by atoms with Crippen LogP contribution in [0.3, 0.4) is 0 Å². The van der Waals surface area contributed by atoms with Gasteiger partial charge in [-0.05, 0) is 145 Å². The average Bonchev–Trinajstić information content (AvgIpc) is 1.14. The van der Waals surface area contributed by atoms with Gasteiger partial charge in [0.1, 0.15) is 11.6 Å². The van der Waals surface area contributed by atoms with E-state index in [4.69, 9.17) is 22.8 Å². The number of fused-ring (bicyclic) bond motifs is 1. The fraction of sp³-hybridized carbons (Fsp3) is 0.408. The van der Waals surface area contributed by atoms with E-state index in [-0.39, 0.29) is 66.0 Å². The number of aromatic nitrogens is 3. The maximum atomic E-state index is 12.8. The molecule has 0 fully saturated rings. The zero-order chi connectivity index (χ0) is 70.9. The first kappa shape index (κ1) is 37.3. The molecule has 2 heterocycles. The molecule has 0 aliphatic heterocycles. The number of para-hydroxylation sites is 1. The summed E-state index contributed by atoms with van der Waals surface area (Å²) < 4.78 is 170. The molecule has 0 spiro atoms. The molecule has 5 heteroatoms. The second-order valence-corrected chi connectivity index (χ2v) is 24.0. The molecule has 0 amide bonds. The van der Waals surface area contributed by atoms with Gasteiger partial charge in [0.2, 0.25) is 0 Å². The molecule has 8 rings (SSSR count). The third-order valence-electron chi connectivity index (χ3n) is 15.8. The molecule has 0 atom stereocenters. The molecule has 8 aromatic rings. The SMILES string of the molecule is [2H]c1nc(-c2[c-]c(-c3cccc4c3nc(-c3cc(C(C)(C)C)cc(C(C)(C)C)c3O)n4-c3ccc(-c4c(C(C)(CC)CC)cccc4C(C)(CC)CC)cc3C([2H])([2H])[2H])cc(C(C)(C)C)c2)c([2H])c(-c2c([2H])c([2H])c(C(C([2H])([2H])[2H])(C([2H])([2H])[2H])C([2H])([2H])[2H])c([2H])c2[2H])c1[2H].[Pt]. The van der Waals surface area contributed by atoms with Gasteiger partial charge < -0.3 is 5.11 Å². The van der Waals surface area contributed by atoms with Gasteiger partial charge in [0.05, 0.1) is 31.9 Å². The molecule has 0 saturated carbocycles. The number of aromatic hydroxyl groups is 1. The first-order valence-electron chi connectivity index (χ1n) is 35.8. The van der Waals surface area contributed by atoms with Crippen molar-refractivity contribution in [2.75, 3.05) is 0 Å². The van der Waals surface area contributed by atoms with Crippen molar-refractivity contribution < 1.29 is 52.2 Å². The number of rotatable bonds is 12. The summed E-state index contributed by atoms with van der Waals surface area (Å²) in [5.41, 5.74) is -0.970. The Labute approximate surface area is 499 Å². The summed E-state index contributed by atoms with van der Waals surface area (Å²) in [6.45, 7) is 16.6. The van der Waals surface area contributed by atoms with Crippen LogP contribution in [-0.2, 0) is 53.6 Å². The minimum atomic E-state index is -3.96. The van der Waals surface area contributed by atoms with E-state index in [1.165, 1.54) is 0 Å². The number of pyridine rings is 1. The molecule has 6 aromatic carbocycles. The van der Waals surface area contributed by atoms with E-state index in [1.807, 2.05) is 77.9 Å². The predicted octanol–water partition coefficient (Wildman–Crippen LogP) is 19.9. The van der Waals surface area contributed by atoms with Gasteiger partial charge in [-0.3, -0.25) is 9.55 Å². The van der Waals surface area contributed by atoms with Gasteiger partial charge in [0, 0.05) is 54.9 Å². The third-order valence-corrected chi connectivity index (χ3v) is 15.8. The molecule has 0 aliphatic carbocycles. The van der Waals surface area contributed by atoms with E-state index >= 15 is 0 Å². The molecule has 0 saturated heterocycles. The summed E-state index contributed by atoms with van der Waals surface area (Å²) in [7, 11) is 0. The Kier molecular flexibility index (Phi) is 10.5. The Morgan fingerprint density at radius 1 is 0.579 bits per heavy atom. The van der Waals surface area contributed by atoms with Crippen molar-refractivity contribution in [2.24, 2.45) is 0 Å². The Hall–Kier alpha value is -5.57. The smallest absolute Gasteiger partial charge is 0.148 e. The van der Waals surface area contributed by atoms with E-state index in [0.29, 0.717) is 38.9 Å². The standard InChI is InChI=1S/C71H86N3O.Pt/c1-20-70(18,21-2)56-27-25-28-57(71(19,22-3)23-4)62(56)48-32-35-60(45(5)38-48)74-61-29-24-26-54(63(61)73-65(74)55-43-53(68(12,13)14)44-58(64(55)75)69(15,16)17)49-39-50(41-52(40-49)67(9,10)11)59-42-47(36-37-72-59)46-30-33-51(34-31-46)66(6,7)8;/h24-38,40-44,75H,20-23H2,1-19H3;/q-1;/i5D3,6D3,7D3,8D3,30D,31D,33D,34D,36D,37D,42D;. The number of hydrogen-bond donors (Lipinski definition) is 1. The van der Waals surface area contributed by atoms with Crippen molar-refractivity contribution in [1.82, 2.24) is 14.5 Å². The average molecular weight is 1210 g/mol. The van der Waals surface area contributed by atoms with Crippen LogP contribution in [0.25, 0.3) is 72.7 Å². The van der Waals surface area contributed by atoms with Crippen molar-refractivity contribution in [3.63, 3.8) is 0 Å². The Morgan fingerprint density at radius 2 is 1.17 bits per heavy atom. The van der Waals surface area contributed by atoms with E-state index in [1.54, 1.807) is 28.8 Å². The fourth-order valence-corrected chi connectivity index (χ4v) is 10.0. The van der Waals surface area contributed by atoms with Crippen LogP contribution in [0.2, 0.25) is 0 Å². The van der Waals surface area contributed by atoms with Crippen molar-refractivity contribution in [3.05, 3.63) is 166 Å². The van der Waals surface area contributed by atoms with Gasteiger partial charge >= 0.3 is 0 Å². The Morgan fingerprint density at radius 3 is 1.74 bits per heavy atom. The number of phenols is 1. The number of hydrogen-bond acceptors (Lipinski definition) is 3.